The van der Waals surface area contributed by atoms with Crippen molar-refractivity contribution in [1.82, 2.24) is 10.2 Å². The molecule has 1 aliphatic heterocycles. The number of nitrogens with one attached hydrogen (secondary N) is 1. The highest BCUT2D eigenvalue weighted by Gasteiger charge is 2.40. The molecule has 0 aliphatic carbocycles. The molecule has 0 unspecified atom stereocenters. The van der Waals surface area contributed by atoms with Crippen LogP contribution in [0, 0.1) is 0 Å². The summed E-state index contributed by atoms with van der Waals surface area (Å²) in [5.74, 6) is -0.674. The van der Waals surface area contributed by atoms with Gasteiger partial charge in [0.2, 0.25) is 11.8 Å². The molecule has 1 N–H and O–H groups in total. The Hall–Kier alpha value is -1.91. The van der Waals surface area contributed by atoms with E-state index in [1.165, 1.54) is 4.90 Å². The zero-order valence-corrected chi connectivity index (χ0v) is 11.1. The molecule has 1 fully saturated rings. The highest BCUT2D eigenvalue weighted by molar-refractivity contribution is 6.04. The van der Waals surface area contributed by atoms with E-state index in [9.17, 15) is 14.4 Å². The topological polar surface area (TPSA) is 66.5 Å². The lowest BCUT2D eigenvalue weighted by molar-refractivity contribution is -0.157. The zero-order valence-electron chi connectivity index (χ0n) is 11.1. The monoisotopic (exact) mass is 264 g/mol. The minimum absolute atomic E-state index is 0.154. The van der Waals surface area contributed by atoms with E-state index >= 15 is 0 Å². The van der Waals surface area contributed by atoms with Gasteiger partial charge in [-0.3, -0.25) is 19.3 Å². The average Bonchev–Trinajstić information content (AvgIpc) is 2.40. The summed E-state index contributed by atoms with van der Waals surface area (Å²) in [6, 6.07) is -0.538. The van der Waals surface area contributed by atoms with Crippen molar-refractivity contribution in [1.29, 1.82) is 0 Å². The molecule has 0 aromatic carbocycles. The van der Waals surface area contributed by atoms with Crippen molar-refractivity contribution in [3.05, 3.63) is 25.3 Å². The molecule has 19 heavy (non-hydrogen) atoms. The Kier molecular flexibility index (Phi) is 5.99. The maximum atomic E-state index is 11.7. The number of hydrogen-bond donors (Lipinski definition) is 1. The van der Waals surface area contributed by atoms with Crippen LogP contribution in [0.4, 0.5) is 0 Å². The predicted molar refractivity (Wildman–Crippen MR) is 72.1 cm³/mol. The molecular formula is C14H20N2O3. The third-order valence-corrected chi connectivity index (χ3v) is 2.94. The number of likely N-dealkylation sites (tertiary alicyclic amines) is 1. The summed E-state index contributed by atoms with van der Waals surface area (Å²) in [7, 11) is 0. The number of hydrogen-bond acceptors (Lipinski definition) is 3. The molecule has 1 aliphatic rings. The quantitative estimate of drug-likeness (QED) is 0.406. The normalized spacial score (nSPS) is 17.6. The molecule has 3 amide bonds. The van der Waals surface area contributed by atoms with E-state index < -0.39 is 6.04 Å². The van der Waals surface area contributed by atoms with Gasteiger partial charge in [-0.2, -0.15) is 0 Å². The maximum Gasteiger partial charge on any atom is 0.253 e. The number of imide groups is 1. The van der Waals surface area contributed by atoms with Crippen molar-refractivity contribution >= 4 is 17.7 Å². The van der Waals surface area contributed by atoms with E-state index in [1.54, 1.807) is 12.2 Å². The Balaban J connectivity index is 2.27. The van der Waals surface area contributed by atoms with Crippen LogP contribution in [0.2, 0.25) is 0 Å². The molecule has 0 aromatic rings. The van der Waals surface area contributed by atoms with Crippen molar-refractivity contribution in [2.75, 3.05) is 6.54 Å². The van der Waals surface area contributed by atoms with Gasteiger partial charge in [0, 0.05) is 12.8 Å². The summed E-state index contributed by atoms with van der Waals surface area (Å²) >= 11 is 0. The highest BCUT2D eigenvalue weighted by atomic mass is 16.2. The number of β-lactam (4-membered cyclic amide) rings is 1. The molecule has 0 bridgehead atoms. The van der Waals surface area contributed by atoms with E-state index in [4.69, 9.17) is 0 Å². The summed E-state index contributed by atoms with van der Waals surface area (Å²) in [5.41, 5.74) is 0. The molecule has 0 aromatic heterocycles. The van der Waals surface area contributed by atoms with Crippen LogP contribution in [-0.4, -0.2) is 35.2 Å². The van der Waals surface area contributed by atoms with Crippen molar-refractivity contribution in [3.63, 3.8) is 0 Å². The number of rotatable bonds is 8. The second-order valence-corrected chi connectivity index (χ2v) is 4.47. The van der Waals surface area contributed by atoms with Gasteiger partial charge >= 0.3 is 0 Å². The Morgan fingerprint density at radius 3 is 2.53 bits per heavy atom. The van der Waals surface area contributed by atoms with Crippen LogP contribution >= 0.6 is 0 Å². The molecule has 0 spiro atoms. The highest BCUT2D eigenvalue weighted by Crippen LogP contribution is 2.13. The Labute approximate surface area is 113 Å². The van der Waals surface area contributed by atoms with Crippen molar-refractivity contribution in [2.24, 2.45) is 0 Å². The first-order valence-electron chi connectivity index (χ1n) is 6.45. The number of carbonyl (C=O) groups is 3. The summed E-state index contributed by atoms with van der Waals surface area (Å²) in [4.78, 5) is 35.9. The van der Waals surface area contributed by atoms with Gasteiger partial charge < -0.3 is 5.32 Å². The third-order valence-electron chi connectivity index (χ3n) is 2.94. The minimum atomic E-state index is -0.538. The second kappa shape index (κ2) is 7.51. The number of nitrogens with zero attached hydrogens (tertiary/aromatic N) is 1. The van der Waals surface area contributed by atoms with Gasteiger partial charge in [0.25, 0.3) is 5.91 Å². The van der Waals surface area contributed by atoms with Crippen LogP contribution in [-0.2, 0) is 14.4 Å². The van der Waals surface area contributed by atoms with Crippen molar-refractivity contribution < 1.29 is 14.4 Å². The smallest absolute Gasteiger partial charge is 0.253 e. The minimum Gasteiger partial charge on any atom is -0.343 e. The number of carbonyl (C=O) groups excluding carboxylic acids is 3. The lowest BCUT2D eigenvalue weighted by Gasteiger charge is -2.37. The van der Waals surface area contributed by atoms with Gasteiger partial charge in [-0.15, -0.1) is 13.2 Å². The van der Waals surface area contributed by atoms with Crippen LogP contribution < -0.4 is 5.32 Å². The van der Waals surface area contributed by atoms with Gasteiger partial charge in [-0.25, -0.2) is 0 Å². The van der Waals surface area contributed by atoms with Gasteiger partial charge in [-0.1, -0.05) is 12.2 Å². The molecule has 1 atom stereocenters. The summed E-state index contributed by atoms with van der Waals surface area (Å²) < 4.78 is 0. The van der Waals surface area contributed by atoms with Gasteiger partial charge in [-0.05, 0) is 19.3 Å². The summed E-state index contributed by atoms with van der Waals surface area (Å²) in [5, 5.41) is 2.63. The van der Waals surface area contributed by atoms with Crippen LogP contribution in [0.25, 0.3) is 0 Å². The first-order chi connectivity index (χ1) is 9.10. The molecule has 0 radical (unpaired) electrons. The van der Waals surface area contributed by atoms with E-state index in [2.05, 4.69) is 18.5 Å². The Bertz CT molecular complexity index is 390. The predicted octanol–water partition coefficient (Wildman–Crippen LogP) is 1.16. The third kappa shape index (κ3) is 4.35. The van der Waals surface area contributed by atoms with Crippen LogP contribution in [0.15, 0.2) is 25.3 Å². The largest absolute Gasteiger partial charge is 0.343 e. The zero-order chi connectivity index (χ0) is 14.3. The molecule has 5 nitrogen and oxygen atoms in total. The van der Waals surface area contributed by atoms with Gasteiger partial charge in [0.1, 0.15) is 6.04 Å². The first-order valence-corrected chi connectivity index (χ1v) is 6.45. The molecule has 5 heteroatoms. The molecular weight excluding hydrogens is 244 g/mol. The van der Waals surface area contributed by atoms with E-state index in [0.717, 1.165) is 12.8 Å². The van der Waals surface area contributed by atoms with Crippen molar-refractivity contribution in [2.45, 2.75) is 38.1 Å². The molecule has 1 saturated heterocycles. The number of unbranched alkanes of at least 4 members (excludes halogenated alkanes) is 1. The van der Waals surface area contributed by atoms with Gasteiger partial charge in [0.05, 0.1) is 6.54 Å². The lowest BCUT2D eigenvalue weighted by Crippen LogP contribution is -2.65. The Morgan fingerprint density at radius 2 is 1.95 bits per heavy atom. The molecule has 1 rings (SSSR count). The molecule has 104 valence electrons. The van der Waals surface area contributed by atoms with Crippen LogP contribution in [0.1, 0.15) is 32.1 Å². The van der Waals surface area contributed by atoms with Crippen LogP contribution in [0.3, 0.4) is 0 Å². The standard InChI is InChI=1S/C14H20N2O3/c1-3-5-7-8-12(17)15-11-10-16(14(11)19)13(18)9-6-4-2/h3-4,11H,1-2,5-10H2,(H,15,17)/t11-/m0/s1. The summed E-state index contributed by atoms with van der Waals surface area (Å²) in [6.45, 7) is 7.38. The SMILES string of the molecule is C=CCCCC(=O)N[C@H]1CN(C(=O)CCC=C)C1=O. The van der Waals surface area contributed by atoms with Crippen molar-refractivity contribution in [3.8, 4) is 0 Å². The Morgan fingerprint density at radius 1 is 1.26 bits per heavy atom. The van der Waals surface area contributed by atoms with E-state index in [-0.39, 0.29) is 30.7 Å². The first kappa shape index (κ1) is 15.1. The fraction of sp³-hybridized carbons (Fsp3) is 0.500. The molecule has 0 saturated carbocycles. The lowest BCUT2D eigenvalue weighted by atomic mass is 10.1. The average molecular weight is 264 g/mol. The fourth-order valence-corrected chi connectivity index (χ4v) is 1.79. The van der Waals surface area contributed by atoms with E-state index in [1.807, 2.05) is 0 Å². The van der Waals surface area contributed by atoms with E-state index in [0.29, 0.717) is 12.8 Å². The molecule has 1 heterocycles. The number of amides is 3. The second-order valence-electron chi connectivity index (χ2n) is 4.47. The van der Waals surface area contributed by atoms with Crippen LogP contribution in [0.5, 0.6) is 0 Å². The fourth-order valence-electron chi connectivity index (χ4n) is 1.79. The summed E-state index contributed by atoms with van der Waals surface area (Å²) in [6.07, 6.45) is 6.11. The maximum absolute atomic E-state index is 11.7. The number of allylic oxidation sites excluding steroid dienone is 2. The van der Waals surface area contributed by atoms with Gasteiger partial charge in [0.15, 0.2) is 0 Å².